The lowest BCUT2D eigenvalue weighted by Gasteiger charge is -2.07. The molecule has 0 atom stereocenters. The van der Waals surface area contributed by atoms with Crippen molar-refractivity contribution in [3.8, 4) is 11.6 Å². The van der Waals surface area contributed by atoms with E-state index in [4.69, 9.17) is 27.9 Å². The Hall–Kier alpha value is -1.37. The Morgan fingerprint density at radius 3 is 2.84 bits per heavy atom. The van der Waals surface area contributed by atoms with E-state index < -0.39 is 0 Å². The molecule has 8 heteroatoms. The number of halogens is 3. The van der Waals surface area contributed by atoms with Gasteiger partial charge in [0, 0.05) is 5.02 Å². The molecule has 0 spiro atoms. The summed E-state index contributed by atoms with van der Waals surface area (Å²) in [6, 6.07) is 5.17. The highest BCUT2D eigenvalue weighted by atomic mass is 79.9. The number of H-pyrrole nitrogens is 1. The number of benzene rings is 1. The zero-order chi connectivity index (χ0) is 13.4. The smallest absolute Gasteiger partial charge is 0.250 e. The van der Waals surface area contributed by atoms with Crippen molar-refractivity contribution >= 4 is 50.3 Å². The third-order valence-corrected chi connectivity index (χ3v) is 3.35. The molecule has 3 rings (SSSR count). The summed E-state index contributed by atoms with van der Waals surface area (Å²) < 4.78 is 6.41. The van der Waals surface area contributed by atoms with Crippen LogP contribution in [0, 0.1) is 0 Å². The molecule has 0 unspecified atom stereocenters. The average Bonchev–Trinajstić information content (AvgIpc) is 2.80. The van der Waals surface area contributed by atoms with Crippen LogP contribution >= 0.6 is 39.1 Å². The van der Waals surface area contributed by atoms with Crippen molar-refractivity contribution in [1.29, 1.82) is 0 Å². The van der Waals surface area contributed by atoms with Crippen molar-refractivity contribution in [2.24, 2.45) is 0 Å². The first kappa shape index (κ1) is 12.7. The van der Waals surface area contributed by atoms with Crippen LogP contribution in [0.2, 0.25) is 10.3 Å². The summed E-state index contributed by atoms with van der Waals surface area (Å²) in [4.78, 5) is 14.9. The van der Waals surface area contributed by atoms with Gasteiger partial charge in [0.1, 0.15) is 11.3 Å². The molecule has 0 fully saturated rings. The summed E-state index contributed by atoms with van der Waals surface area (Å²) >= 11 is 15.1. The summed E-state index contributed by atoms with van der Waals surface area (Å²) in [7, 11) is 0. The van der Waals surface area contributed by atoms with Gasteiger partial charge in [-0.3, -0.25) is 0 Å². The fourth-order valence-electron chi connectivity index (χ4n) is 1.52. The number of rotatable bonds is 2. The molecule has 0 radical (unpaired) electrons. The van der Waals surface area contributed by atoms with E-state index in [9.17, 15) is 0 Å². The number of nitrogens with zero attached hydrogens (tertiary/aromatic N) is 3. The summed E-state index contributed by atoms with van der Waals surface area (Å²) in [5.74, 6) is 0.866. The van der Waals surface area contributed by atoms with Crippen LogP contribution in [0.1, 0.15) is 0 Å². The third kappa shape index (κ3) is 2.51. The van der Waals surface area contributed by atoms with Gasteiger partial charge in [-0.2, -0.15) is 9.97 Å². The van der Waals surface area contributed by atoms with E-state index in [0.29, 0.717) is 32.3 Å². The molecular formula is C11H5BrCl2N4O. The molecule has 2 heterocycles. The van der Waals surface area contributed by atoms with Crippen LogP contribution in [0.4, 0.5) is 0 Å². The van der Waals surface area contributed by atoms with Crippen LogP contribution in [-0.2, 0) is 0 Å². The first-order valence-electron chi connectivity index (χ1n) is 5.13. The number of ether oxygens (including phenoxy) is 1. The molecule has 0 amide bonds. The highest BCUT2D eigenvalue weighted by Gasteiger charge is 2.12. The zero-order valence-electron chi connectivity index (χ0n) is 9.19. The molecule has 0 saturated heterocycles. The molecule has 3 aromatic rings. The highest BCUT2D eigenvalue weighted by molar-refractivity contribution is 9.10. The monoisotopic (exact) mass is 358 g/mol. The van der Waals surface area contributed by atoms with Crippen LogP contribution in [0.3, 0.4) is 0 Å². The van der Waals surface area contributed by atoms with Crippen molar-refractivity contribution in [3.05, 3.63) is 39.3 Å². The van der Waals surface area contributed by atoms with Crippen molar-refractivity contribution in [2.45, 2.75) is 0 Å². The molecule has 1 N–H and O–H groups in total. The molecule has 96 valence electrons. The Balaban J connectivity index is 2.07. The molecule has 5 nitrogen and oxygen atoms in total. The molecule has 2 aromatic heterocycles. The number of hydrogen-bond acceptors (Lipinski definition) is 4. The Bertz CT molecular complexity index is 762. The van der Waals surface area contributed by atoms with Gasteiger partial charge in [-0.1, -0.05) is 11.6 Å². The van der Waals surface area contributed by atoms with Gasteiger partial charge in [0.25, 0.3) is 0 Å². The third-order valence-electron chi connectivity index (χ3n) is 2.33. The van der Waals surface area contributed by atoms with E-state index in [1.54, 1.807) is 18.2 Å². The van der Waals surface area contributed by atoms with Crippen LogP contribution < -0.4 is 4.74 Å². The minimum Gasteiger partial charge on any atom is -0.436 e. The quantitative estimate of drug-likeness (QED) is 0.696. The van der Waals surface area contributed by atoms with Crippen molar-refractivity contribution < 1.29 is 4.74 Å². The lowest BCUT2D eigenvalue weighted by Crippen LogP contribution is -1.93. The number of fused-ring (bicyclic) bond motifs is 1. The Labute approximate surface area is 126 Å². The van der Waals surface area contributed by atoms with E-state index >= 15 is 0 Å². The first-order valence-corrected chi connectivity index (χ1v) is 6.68. The minimum atomic E-state index is 0.0692. The molecule has 0 bridgehead atoms. The van der Waals surface area contributed by atoms with Crippen molar-refractivity contribution in [1.82, 2.24) is 19.9 Å². The van der Waals surface area contributed by atoms with Gasteiger partial charge in [-0.05, 0) is 45.7 Å². The number of aromatic nitrogens is 4. The lowest BCUT2D eigenvalue weighted by molar-refractivity contribution is 0.464. The molecule has 0 aliphatic carbocycles. The predicted octanol–water partition coefficient (Wildman–Crippen LogP) is 4.21. The summed E-state index contributed by atoms with van der Waals surface area (Å²) in [5.41, 5.74) is 1.02. The number of aromatic amines is 1. The molecule has 0 aliphatic rings. The number of imidazole rings is 1. The van der Waals surface area contributed by atoms with Crippen LogP contribution in [0.25, 0.3) is 11.2 Å². The van der Waals surface area contributed by atoms with Gasteiger partial charge >= 0.3 is 0 Å². The summed E-state index contributed by atoms with van der Waals surface area (Å²) in [5, 5.41) is 0.673. The maximum Gasteiger partial charge on any atom is 0.250 e. The second-order valence-corrected chi connectivity index (χ2v) is 5.20. The Morgan fingerprint density at radius 1 is 1.21 bits per heavy atom. The minimum absolute atomic E-state index is 0.0692. The van der Waals surface area contributed by atoms with Gasteiger partial charge in [0.2, 0.25) is 11.2 Å². The van der Waals surface area contributed by atoms with Crippen molar-refractivity contribution in [2.75, 3.05) is 0 Å². The largest absolute Gasteiger partial charge is 0.436 e. The predicted molar refractivity (Wildman–Crippen MR) is 75.9 cm³/mol. The second kappa shape index (κ2) is 4.96. The molecular weight excluding hydrogens is 355 g/mol. The average molecular weight is 360 g/mol. The normalized spacial score (nSPS) is 10.9. The topological polar surface area (TPSA) is 63.7 Å². The fourth-order valence-corrected chi connectivity index (χ4v) is 2.44. The standard InChI is InChI=1S/C11H5BrCl2N4O/c12-6-3-5(13)1-2-7(6)19-10-8-9(16-4-15-8)17-11(14)18-10/h1-4H,(H,15,16,17,18). The maximum absolute atomic E-state index is 5.87. The van der Waals surface area contributed by atoms with Crippen molar-refractivity contribution in [3.63, 3.8) is 0 Å². The van der Waals surface area contributed by atoms with Gasteiger partial charge < -0.3 is 9.72 Å². The van der Waals surface area contributed by atoms with Gasteiger partial charge in [0.05, 0.1) is 10.8 Å². The SMILES string of the molecule is Clc1ccc(Oc2nc(Cl)nc3nc[nH]c23)c(Br)c1. The molecule has 19 heavy (non-hydrogen) atoms. The Kier molecular flexibility index (Phi) is 3.30. The number of hydrogen-bond donors (Lipinski definition) is 1. The van der Waals surface area contributed by atoms with E-state index in [-0.39, 0.29) is 5.28 Å². The highest BCUT2D eigenvalue weighted by Crippen LogP contribution is 2.33. The van der Waals surface area contributed by atoms with E-state index in [1.807, 2.05) is 0 Å². The molecule has 1 aromatic carbocycles. The van der Waals surface area contributed by atoms with Gasteiger partial charge in [0.15, 0.2) is 5.65 Å². The van der Waals surface area contributed by atoms with E-state index in [2.05, 4.69) is 35.9 Å². The molecule has 0 aliphatic heterocycles. The fraction of sp³-hybridized carbons (Fsp3) is 0. The van der Waals surface area contributed by atoms with Crippen LogP contribution in [0.5, 0.6) is 11.6 Å². The van der Waals surface area contributed by atoms with Gasteiger partial charge in [-0.15, -0.1) is 0 Å². The van der Waals surface area contributed by atoms with Gasteiger partial charge in [-0.25, -0.2) is 4.98 Å². The number of nitrogens with one attached hydrogen (secondary N) is 1. The Morgan fingerprint density at radius 2 is 2.05 bits per heavy atom. The van der Waals surface area contributed by atoms with Crippen LogP contribution in [-0.4, -0.2) is 19.9 Å². The van der Waals surface area contributed by atoms with Crippen LogP contribution in [0.15, 0.2) is 29.0 Å². The molecule has 0 saturated carbocycles. The second-order valence-electron chi connectivity index (χ2n) is 3.58. The first-order chi connectivity index (χ1) is 9.13. The zero-order valence-corrected chi connectivity index (χ0v) is 12.3. The lowest BCUT2D eigenvalue weighted by atomic mass is 10.3. The maximum atomic E-state index is 5.87. The summed E-state index contributed by atoms with van der Waals surface area (Å²) in [6.07, 6.45) is 1.50. The summed E-state index contributed by atoms with van der Waals surface area (Å²) in [6.45, 7) is 0. The van der Waals surface area contributed by atoms with E-state index in [0.717, 1.165) is 0 Å². The van der Waals surface area contributed by atoms with E-state index in [1.165, 1.54) is 6.33 Å².